The van der Waals surface area contributed by atoms with Crippen LogP contribution in [0.3, 0.4) is 0 Å². The summed E-state index contributed by atoms with van der Waals surface area (Å²) in [5.74, 6) is 0.563. The molecule has 2 aromatic heterocycles. The average Bonchev–Trinajstić information content (AvgIpc) is 3.15. The lowest BCUT2D eigenvalue weighted by Crippen LogP contribution is -2.50. The quantitative estimate of drug-likeness (QED) is 0.726. The van der Waals surface area contributed by atoms with Crippen LogP contribution in [0.2, 0.25) is 0 Å². The molecule has 1 fully saturated rings. The summed E-state index contributed by atoms with van der Waals surface area (Å²) < 4.78 is 25.7. The van der Waals surface area contributed by atoms with Gasteiger partial charge in [0, 0.05) is 18.0 Å². The van der Waals surface area contributed by atoms with E-state index >= 15 is 0 Å². The smallest absolute Gasteiger partial charge is 0.190 e. The lowest BCUT2D eigenvalue weighted by molar-refractivity contribution is -0.146. The first-order valence-corrected chi connectivity index (χ1v) is 8.13. The first-order chi connectivity index (χ1) is 12.6. The summed E-state index contributed by atoms with van der Waals surface area (Å²) in [5.41, 5.74) is 0.421. The van der Waals surface area contributed by atoms with Gasteiger partial charge in [0.25, 0.3) is 0 Å². The number of hydrogen-bond donors (Lipinski definition) is 1. The van der Waals surface area contributed by atoms with Gasteiger partial charge in [0.15, 0.2) is 5.67 Å². The third-order valence-electron chi connectivity index (χ3n) is 4.11. The van der Waals surface area contributed by atoms with Crippen LogP contribution in [-0.2, 0) is 4.74 Å². The lowest BCUT2D eigenvalue weighted by atomic mass is 10.1. The molecule has 1 atom stereocenters. The van der Waals surface area contributed by atoms with E-state index in [-0.39, 0.29) is 19.8 Å². The van der Waals surface area contributed by atoms with E-state index in [0.717, 1.165) is 5.69 Å². The van der Waals surface area contributed by atoms with Gasteiger partial charge in [0.1, 0.15) is 24.2 Å². The van der Waals surface area contributed by atoms with Gasteiger partial charge in [-0.15, -0.1) is 5.10 Å². The Kier molecular flexibility index (Phi) is 4.36. The van der Waals surface area contributed by atoms with Crippen LogP contribution in [-0.4, -0.2) is 50.6 Å². The van der Waals surface area contributed by atoms with E-state index in [1.54, 1.807) is 59.7 Å². The van der Waals surface area contributed by atoms with Crippen LogP contribution in [0.4, 0.5) is 4.39 Å². The zero-order valence-electron chi connectivity index (χ0n) is 13.8. The van der Waals surface area contributed by atoms with Crippen molar-refractivity contribution in [2.45, 2.75) is 11.8 Å². The minimum absolute atomic E-state index is 0.0306. The van der Waals surface area contributed by atoms with E-state index in [0.29, 0.717) is 17.0 Å². The number of ether oxygens (including phenoxy) is 2. The van der Waals surface area contributed by atoms with Crippen LogP contribution in [0.1, 0.15) is 17.4 Å². The number of hydrogen-bond acceptors (Lipinski definition) is 6. The van der Waals surface area contributed by atoms with Gasteiger partial charge in [-0.2, -0.15) is 0 Å². The van der Waals surface area contributed by atoms with E-state index < -0.39 is 11.8 Å². The Bertz CT molecular complexity index is 866. The van der Waals surface area contributed by atoms with Crippen LogP contribution in [0.15, 0.2) is 55.0 Å². The summed E-state index contributed by atoms with van der Waals surface area (Å²) in [6, 6.07) is 10.6. The maximum absolute atomic E-state index is 13.9. The fourth-order valence-corrected chi connectivity index (χ4v) is 2.55. The summed E-state index contributed by atoms with van der Waals surface area (Å²) in [6.07, 6.45) is 3.97. The maximum Gasteiger partial charge on any atom is 0.190 e. The summed E-state index contributed by atoms with van der Waals surface area (Å²) in [7, 11) is 0. The highest BCUT2D eigenvalue weighted by atomic mass is 19.1. The van der Waals surface area contributed by atoms with Crippen molar-refractivity contribution in [2.75, 3.05) is 19.8 Å². The van der Waals surface area contributed by atoms with Crippen LogP contribution in [0, 0.1) is 0 Å². The van der Waals surface area contributed by atoms with E-state index in [2.05, 4.69) is 15.3 Å². The van der Waals surface area contributed by atoms with E-state index in [9.17, 15) is 9.50 Å². The number of aliphatic hydroxyl groups is 1. The predicted octanol–water partition coefficient (Wildman–Crippen LogP) is 1.86. The third-order valence-corrected chi connectivity index (χ3v) is 4.11. The number of aromatic nitrogens is 4. The van der Waals surface area contributed by atoms with Crippen LogP contribution < -0.4 is 4.74 Å². The third kappa shape index (κ3) is 3.42. The molecule has 134 valence electrons. The van der Waals surface area contributed by atoms with Crippen molar-refractivity contribution >= 4 is 0 Å². The monoisotopic (exact) mass is 356 g/mol. The van der Waals surface area contributed by atoms with E-state index in [4.69, 9.17) is 9.47 Å². The van der Waals surface area contributed by atoms with Crippen molar-refractivity contribution < 1.29 is 19.0 Å². The normalized spacial score (nSPS) is 16.7. The standard InChI is InChI=1S/C18H17FN4O3/c19-18(10-25-11-18)12-26-15-5-3-14(4-6-15)23-9-16(21-22-23)17(24)13-2-1-7-20-8-13/h1-9,17,24H,10-12H2. The van der Waals surface area contributed by atoms with Crippen molar-refractivity contribution in [3.05, 3.63) is 66.2 Å². The second kappa shape index (κ2) is 6.81. The minimum atomic E-state index is -1.39. The topological polar surface area (TPSA) is 82.3 Å². The largest absolute Gasteiger partial charge is 0.490 e. The SMILES string of the molecule is OC(c1cccnc1)c1cn(-c2ccc(OCC3(F)COC3)cc2)nn1. The molecule has 3 aromatic rings. The number of nitrogens with zero attached hydrogens (tertiary/aromatic N) is 4. The lowest BCUT2D eigenvalue weighted by Gasteiger charge is -2.33. The summed E-state index contributed by atoms with van der Waals surface area (Å²) in [5, 5.41) is 18.4. The molecule has 0 amide bonds. The highest BCUT2D eigenvalue weighted by Crippen LogP contribution is 2.24. The molecule has 1 unspecified atom stereocenters. The number of pyridine rings is 1. The van der Waals surface area contributed by atoms with Gasteiger partial charge in [0.2, 0.25) is 0 Å². The molecule has 4 rings (SSSR count). The molecule has 1 aromatic carbocycles. The number of aliphatic hydroxyl groups excluding tert-OH is 1. The van der Waals surface area contributed by atoms with Crippen LogP contribution >= 0.6 is 0 Å². The molecule has 0 spiro atoms. The van der Waals surface area contributed by atoms with Gasteiger partial charge in [-0.3, -0.25) is 4.98 Å². The van der Waals surface area contributed by atoms with Crippen molar-refractivity contribution in [3.63, 3.8) is 0 Å². The summed E-state index contributed by atoms with van der Waals surface area (Å²) in [6.45, 7) is 0.120. The molecule has 0 saturated carbocycles. The van der Waals surface area contributed by atoms with Gasteiger partial charge in [0.05, 0.1) is 25.1 Å². The number of rotatable bonds is 6. The first-order valence-electron chi connectivity index (χ1n) is 8.13. The number of halogens is 1. The predicted molar refractivity (Wildman–Crippen MR) is 89.8 cm³/mol. The Balaban J connectivity index is 1.44. The molecule has 1 N–H and O–H groups in total. The Hall–Kier alpha value is -2.84. The van der Waals surface area contributed by atoms with Crippen molar-refractivity contribution in [1.29, 1.82) is 0 Å². The molecule has 8 heteroatoms. The van der Waals surface area contributed by atoms with Gasteiger partial charge in [-0.1, -0.05) is 11.3 Å². The first kappa shape index (κ1) is 16.6. The van der Waals surface area contributed by atoms with Crippen molar-refractivity contribution in [1.82, 2.24) is 20.0 Å². The van der Waals surface area contributed by atoms with Crippen LogP contribution in [0.5, 0.6) is 5.75 Å². The molecule has 0 aliphatic carbocycles. The zero-order chi connectivity index (χ0) is 18.0. The van der Waals surface area contributed by atoms with E-state index in [1.165, 1.54) is 0 Å². The molecule has 1 saturated heterocycles. The summed E-state index contributed by atoms with van der Waals surface area (Å²) >= 11 is 0. The van der Waals surface area contributed by atoms with Gasteiger partial charge >= 0.3 is 0 Å². The van der Waals surface area contributed by atoms with Gasteiger partial charge in [-0.25, -0.2) is 9.07 Å². The molecule has 0 bridgehead atoms. The zero-order valence-corrected chi connectivity index (χ0v) is 13.8. The van der Waals surface area contributed by atoms with Gasteiger partial charge in [-0.05, 0) is 30.3 Å². The van der Waals surface area contributed by atoms with E-state index in [1.807, 2.05) is 0 Å². The summed E-state index contributed by atoms with van der Waals surface area (Å²) in [4.78, 5) is 3.99. The maximum atomic E-state index is 13.9. The molecular formula is C18H17FN4O3. The molecule has 3 heterocycles. The molecule has 26 heavy (non-hydrogen) atoms. The molecule has 0 radical (unpaired) electrons. The molecule has 1 aliphatic rings. The molecule has 1 aliphatic heterocycles. The highest BCUT2D eigenvalue weighted by Gasteiger charge is 2.39. The second-order valence-electron chi connectivity index (χ2n) is 6.20. The Morgan fingerprint density at radius 2 is 2.08 bits per heavy atom. The highest BCUT2D eigenvalue weighted by molar-refractivity contribution is 5.37. The average molecular weight is 356 g/mol. The fourth-order valence-electron chi connectivity index (χ4n) is 2.55. The van der Waals surface area contributed by atoms with Gasteiger partial charge < -0.3 is 14.6 Å². The minimum Gasteiger partial charge on any atom is -0.490 e. The van der Waals surface area contributed by atoms with Crippen LogP contribution in [0.25, 0.3) is 5.69 Å². The Morgan fingerprint density at radius 1 is 1.27 bits per heavy atom. The molecular weight excluding hydrogens is 339 g/mol. The fraction of sp³-hybridized carbons (Fsp3) is 0.278. The number of alkyl halides is 1. The van der Waals surface area contributed by atoms with Crippen molar-refractivity contribution in [3.8, 4) is 11.4 Å². The van der Waals surface area contributed by atoms with Crippen molar-refractivity contribution in [2.24, 2.45) is 0 Å². The Morgan fingerprint density at radius 3 is 2.73 bits per heavy atom. The molecule has 7 nitrogen and oxygen atoms in total. The number of benzene rings is 1. The second-order valence-corrected chi connectivity index (χ2v) is 6.20. The Labute approximate surface area is 149 Å².